The highest BCUT2D eigenvalue weighted by Crippen LogP contribution is 2.56. The fourth-order valence-electron chi connectivity index (χ4n) is 5.36. The minimum Gasteiger partial charge on any atom is -0.304 e. The maximum absolute atomic E-state index is 4.13. The van der Waals surface area contributed by atoms with Gasteiger partial charge in [-0.05, 0) is 48.6 Å². The molecule has 1 aliphatic heterocycles. The molecule has 4 atom stereocenters. The first-order chi connectivity index (χ1) is 9.35. The summed E-state index contributed by atoms with van der Waals surface area (Å²) in [6.07, 6.45) is 9.66. The molecule has 102 valence electrons. The first kappa shape index (κ1) is 12.0. The van der Waals surface area contributed by atoms with Crippen molar-refractivity contribution in [2.45, 2.75) is 63.5 Å². The van der Waals surface area contributed by atoms with Crippen LogP contribution in [-0.2, 0) is 12.0 Å². The van der Waals surface area contributed by atoms with Crippen LogP contribution in [0, 0.1) is 11.8 Å². The van der Waals surface area contributed by atoms with E-state index < -0.39 is 0 Å². The van der Waals surface area contributed by atoms with Gasteiger partial charge in [-0.1, -0.05) is 50.5 Å². The van der Waals surface area contributed by atoms with Gasteiger partial charge in [0.1, 0.15) is 0 Å². The van der Waals surface area contributed by atoms with Crippen molar-refractivity contribution in [1.82, 2.24) is 5.32 Å². The van der Waals surface area contributed by atoms with Gasteiger partial charge in [0.2, 0.25) is 0 Å². The third-order valence-electron chi connectivity index (χ3n) is 6.00. The molecule has 2 bridgehead atoms. The van der Waals surface area contributed by atoms with Gasteiger partial charge >= 0.3 is 0 Å². The Kier molecular flexibility index (Phi) is 2.73. The molecule has 0 aromatic heterocycles. The summed E-state index contributed by atoms with van der Waals surface area (Å²) < 4.78 is 0. The molecule has 3 aliphatic rings. The van der Waals surface area contributed by atoms with Crippen molar-refractivity contribution < 1.29 is 0 Å². The molecule has 0 spiro atoms. The van der Waals surface area contributed by atoms with E-state index in [1.54, 1.807) is 11.1 Å². The Labute approximate surface area is 116 Å². The van der Waals surface area contributed by atoms with Crippen molar-refractivity contribution in [3.05, 3.63) is 35.4 Å². The van der Waals surface area contributed by atoms with Crippen LogP contribution in [0.15, 0.2) is 24.3 Å². The second-order valence-electron chi connectivity index (χ2n) is 6.89. The second-order valence-corrected chi connectivity index (χ2v) is 6.89. The molecule has 4 rings (SSSR count). The molecule has 1 nitrogen and oxygen atoms in total. The molecule has 1 unspecified atom stereocenters. The fourth-order valence-corrected chi connectivity index (χ4v) is 5.36. The Balaban J connectivity index is 1.82. The maximum atomic E-state index is 4.13. The molecule has 1 saturated carbocycles. The molecule has 1 heteroatoms. The lowest BCUT2D eigenvalue weighted by Crippen LogP contribution is -2.47. The smallest absolute Gasteiger partial charge is 0.0471 e. The van der Waals surface area contributed by atoms with E-state index in [0.29, 0.717) is 5.54 Å². The van der Waals surface area contributed by atoms with E-state index >= 15 is 0 Å². The third-order valence-corrected chi connectivity index (χ3v) is 6.00. The van der Waals surface area contributed by atoms with Gasteiger partial charge < -0.3 is 5.32 Å². The lowest BCUT2D eigenvalue weighted by Gasteiger charge is -2.45. The predicted octanol–water partition coefficient (Wildman–Crippen LogP) is 4.02. The van der Waals surface area contributed by atoms with Gasteiger partial charge in [0.05, 0.1) is 0 Å². The van der Waals surface area contributed by atoms with Crippen LogP contribution in [0.4, 0.5) is 0 Å². The number of hydrogen-bond acceptors (Lipinski definition) is 1. The summed E-state index contributed by atoms with van der Waals surface area (Å²) in [5.74, 6) is 1.81. The predicted molar refractivity (Wildman–Crippen MR) is 79.1 cm³/mol. The van der Waals surface area contributed by atoms with Gasteiger partial charge in [-0.2, -0.15) is 0 Å². The van der Waals surface area contributed by atoms with E-state index in [9.17, 15) is 0 Å². The van der Waals surface area contributed by atoms with Gasteiger partial charge in [-0.15, -0.1) is 0 Å². The van der Waals surface area contributed by atoms with E-state index in [0.717, 1.165) is 17.9 Å². The van der Waals surface area contributed by atoms with Crippen molar-refractivity contribution >= 4 is 0 Å². The van der Waals surface area contributed by atoms with Crippen LogP contribution in [0.5, 0.6) is 0 Å². The van der Waals surface area contributed by atoms with Crippen molar-refractivity contribution in [2.75, 3.05) is 0 Å². The van der Waals surface area contributed by atoms with Gasteiger partial charge in [0.15, 0.2) is 0 Å². The summed E-state index contributed by atoms with van der Waals surface area (Å²) in [5.41, 5.74) is 3.63. The highest BCUT2D eigenvalue weighted by atomic mass is 15.1. The van der Waals surface area contributed by atoms with E-state index in [2.05, 4.69) is 36.5 Å². The lowest BCUT2D eigenvalue weighted by atomic mass is 9.61. The molecule has 1 N–H and O–H groups in total. The summed E-state index contributed by atoms with van der Waals surface area (Å²) >= 11 is 0. The summed E-state index contributed by atoms with van der Waals surface area (Å²) in [6, 6.07) is 10.0. The van der Waals surface area contributed by atoms with Crippen LogP contribution in [-0.4, -0.2) is 6.04 Å². The first-order valence-corrected chi connectivity index (χ1v) is 8.21. The molecule has 2 fully saturated rings. The minimum absolute atomic E-state index is 0.345. The van der Waals surface area contributed by atoms with Gasteiger partial charge in [-0.25, -0.2) is 0 Å². The van der Waals surface area contributed by atoms with E-state index in [4.69, 9.17) is 0 Å². The molecule has 0 amide bonds. The summed E-state index contributed by atoms with van der Waals surface area (Å²) in [4.78, 5) is 0. The topological polar surface area (TPSA) is 12.0 Å². The van der Waals surface area contributed by atoms with E-state index in [-0.39, 0.29) is 0 Å². The summed E-state index contributed by atoms with van der Waals surface area (Å²) in [5, 5.41) is 4.13. The summed E-state index contributed by atoms with van der Waals surface area (Å²) in [6.45, 7) is 2.33. The van der Waals surface area contributed by atoms with Crippen molar-refractivity contribution in [3.8, 4) is 0 Å². The van der Waals surface area contributed by atoms with Gasteiger partial charge in [0.25, 0.3) is 0 Å². The zero-order valence-electron chi connectivity index (χ0n) is 12.0. The largest absolute Gasteiger partial charge is 0.304 e. The second kappa shape index (κ2) is 4.34. The molecule has 1 aromatic carbocycles. The number of benzene rings is 1. The normalized spacial score (nSPS) is 39.7. The Bertz CT molecular complexity index is 480. The van der Waals surface area contributed by atoms with E-state index in [1.165, 1.54) is 44.9 Å². The first-order valence-electron chi connectivity index (χ1n) is 8.21. The average Bonchev–Trinajstić information content (AvgIpc) is 2.69. The molecular formula is C18H25N. The molecule has 1 saturated heterocycles. The van der Waals surface area contributed by atoms with E-state index in [1.807, 2.05) is 0 Å². The van der Waals surface area contributed by atoms with Crippen LogP contribution in [0.1, 0.15) is 56.6 Å². The third kappa shape index (κ3) is 1.57. The van der Waals surface area contributed by atoms with Crippen molar-refractivity contribution in [2.24, 2.45) is 11.8 Å². The number of rotatable bonds is 2. The molecule has 1 aromatic rings. The quantitative estimate of drug-likeness (QED) is 0.841. The Morgan fingerprint density at radius 3 is 3.05 bits per heavy atom. The number of hydrogen-bond donors (Lipinski definition) is 1. The standard InChI is InChI=1S/C18H25N/c1-2-7-17-14-12-13-8-3-4-9-15(13)18(19-17)11-6-5-10-16(14)18/h3-4,8-9,14,16-17,19H,2,5-7,10-12H2,1H3/t14-,16-,17?,18+/m0/s1. The molecular weight excluding hydrogens is 230 g/mol. The zero-order chi connectivity index (χ0) is 12.9. The SMILES string of the molecule is CCCC1N[C@@]23CCCC[C@H]2[C@@H]1Cc1ccccc13. The van der Waals surface area contributed by atoms with Gasteiger partial charge in [0, 0.05) is 11.6 Å². The Morgan fingerprint density at radius 1 is 1.26 bits per heavy atom. The van der Waals surface area contributed by atoms with Crippen LogP contribution in [0.3, 0.4) is 0 Å². The van der Waals surface area contributed by atoms with Crippen molar-refractivity contribution in [3.63, 3.8) is 0 Å². The summed E-state index contributed by atoms with van der Waals surface area (Å²) in [7, 11) is 0. The highest BCUT2D eigenvalue weighted by Gasteiger charge is 2.57. The lowest BCUT2D eigenvalue weighted by molar-refractivity contribution is 0.153. The van der Waals surface area contributed by atoms with Crippen LogP contribution in [0.2, 0.25) is 0 Å². The molecule has 19 heavy (non-hydrogen) atoms. The highest BCUT2D eigenvalue weighted by molar-refractivity contribution is 5.41. The van der Waals surface area contributed by atoms with Crippen LogP contribution >= 0.6 is 0 Å². The fraction of sp³-hybridized carbons (Fsp3) is 0.667. The Hall–Kier alpha value is -0.820. The monoisotopic (exact) mass is 255 g/mol. The number of nitrogens with one attached hydrogen (secondary N) is 1. The van der Waals surface area contributed by atoms with Crippen molar-refractivity contribution in [1.29, 1.82) is 0 Å². The maximum Gasteiger partial charge on any atom is 0.0471 e. The van der Waals surface area contributed by atoms with Gasteiger partial charge in [-0.3, -0.25) is 0 Å². The number of fused-ring (bicyclic) bond motifs is 1. The zero-order valence-corrected chi connectivity index (χ0v) is 12.0. The average molecular weight is 255 g/mol. The molecule has 0 radical (unpaired) electrons. The minimum atomic E-state index is 0.345. The molecule has 1 heterocycles. The molecule has 2 aliphatic carbocycles. The van der Waals surface area contributed by atoms with Crippen LogP contribution in [0.25, 0.3) is 0 Å². The Morgan fingerprint density at radius 2 is 2.16 bits per heavy atom. The van der Waals surface area contributed by atoms with Crippen LogP contribution < -0.4 is 5.32 Å².